The maximum Gasteiger partial charge on any atom is 0.159 e. The number of rotatable bonds is 8. The zero-order chi connectivity index (χ0) is 22.8. The van der Waals surface area contributed by atoms with Crippen LogP contribution in [0.2, 0.25) is 0 Å². The lowest BCUT2D eigenvalue weighted by Crippen LogP contribution is -2.20. The molecule has 1 aliphatic rings. The molecule has 6 nitrogen and oxygen atoms in total. The van der Waals surface area contributed by atoms with Crippen LogP contribution in [-0.4, -0.2) is 34.5 Å². The molecular weight excluding hydrogens is 408 g/mol. The average Bonchev–Trinajstić information content (AvgIpc) is 3.52. The lowest BCUT2D eigenvalue weighted by Gasteiger charge is -2.20. The zero-order valence-corrected chi connectivity index (χ0v) is 19.5. The molecule has 3 rings (SSSR count). The van der Waals surface area contributed by atoms with E-state index in [2.05, 4.69) is 24.3 Å². The molecule has 1 unspecified atom stereocenters. The van der Waals surface area contributed by atoms with Gasteiger partial charge in [0.2, 0.25) is 0 Å². The predicted molar refractivity (Wildman–Crippen MR) is 124 cm³/mol. The lowest BCUT2D eigenvalue weighted by atomic mass is 9.87. The van der Waals surface area contributed by atoms with E-state index < -0.39 is 16.1 Å². The Kier molecular flexibility index (Phi) is 7.17. The second kappa shape index (κ2) is 9.49. The van der Waals surface area contributed by atoms with Gasteiger partial charge < -0.3 is 10.0 Å². The lowest BCUT2D eigenvalue weighted by molar-refractivity contribution is 0.186. The van der Waals surface area contributed by atoms with E-state index in [0.717, 1.165) is 41.6 Å². The quantitative estimate of drug-likeness (QED) is 0.650. The minimum Gasteiger partial charge on any atom is -0.371 e. The molecule has 0 saturated heterocycles. The molecule has 0 spiro atoms. The number of benzene rings is 2. The van der Waals surface area contributed by atoms with Crippen molar-refractivity contribution in [2.45, 2.75) is 62.6 Å². The molecule has 0 heterocycles. The van der Waals surface area contributed by atoms with Crippen LogP contribution in [0.5, 0.6) is 0 Å². The second-order valence-electron chi connectivity index (χ2n) is 8.91. The SMILES string of the molecule is CC(C)c1cc(C#N)cc(C2CC2)c1CC(O)N=[S@@](N)(=O)c1ccc(CN(C)C)cc1. The minimum atomic E-state index is -3.23. The van der Waals surface area contributed by atoms with Crippen LogP contribution in [-0.2, 0) is 22.9 Å². The molecule has 0 amide bonds. The van der Waals surface area contributed by atoms with E-state index in [0.29, 0.717) is 16.4 Å². The van der Waals surface area contributed by atoms with E-state index in [-0.39, 0.29) is 12.3 Å². The van der Waals surface area contributed by atoms with Gasteiger partial charge in [-0.1, -0.05) is 26.0 Å². The molecule has 0 radical (unpaired) electrons. The largest absolute Gasteiger partial charge is 0.371 e. The number of aliphatic hydroxyl groups is 1. The third kappa shape index (κ3) is 5.92. The fourth-order valence-electron chi connectivity index (χ4n) is 3.91. The summed E-state index contributed by atoms with van der Waals surface area (Å²) in [5, 5.41) is 26.2. The van der Waals surface area contributed by atoms with Crippen LogP contribution in [0, 0.1) is 11.3 Å². The van der Waals surface area contributed by atoms with Crippen LogP contribution in [0.1, 0.15) is 66.3 Å². The second-order valence-corrected chi connectivity index (χ2v) is 10.7. The molecule has 1 fully saturated rings. The van der Waals surface area contributed by atoms with Crippen LogP contribution >= 0.6 is 0 Å². The number of nitrogens with two attached hydrogens (primary N) is 1. The summed E-state index contributed by atoms with van der Waals surface area (Å²) >= 11 is 0. The van der Waals surface area contributed by atoms with Crippen LogP contribution < -0.4 is 5.14 Å². The van der Waals surface area contributed by atoms with Crippen molar-refractivity contribution in [1.29, 1.82) is 5.26 Å². The molecule has 7 heteroatoms. The molecule has 0 bridgehead atoms. The molecule has 1 aliphatic carbocycles. The van der Waals surface area contributed by atoms with E-state index in [1.165, 1.54) is 0 Å². The predicted octanol–water partition coefficient (Wildman–Crippen LogP) is 3.88. The van der Waals surface area contributed by atoms with Gasteiger partial charge in [0.25, 0.3) is 0 Å². The van der Waals surface area contributed by atoms with Crippen molar-refractivity contribution < 1.29 is 9.32 Å². The molecule has 0 aromatic heterocycles. The highest BCUT2D eigenvalue weighted by atomic mass is 32.2. The van der Waals surface area contributed by atoms with E-state index in [4.69, 9.17) is 5.14 Å². The Morgan fingerprint density at radius 2 is 1.90 bits per heavy atom. The van der Waals surface area contributed by atoms with E-state index in [9.17, 15) is 14.6 Å². The summed E-state index contributed by atoms with van der Waals surface area (Å²) in [5.74, 6) is 0.610. The summed E-state index contributed by atoms with van der Waals surface area (Å²) in [6.07, 6.45) is 1.21. The Hall–Kier alpha value is -2.24. The molecule has 1 saturated carbocycles. The van der Waals surface area contributed by atoms with Crippen molar-refractivity contribution in [3.05, 3.63) is 64.2 Å². The van der Waals surface area contributed by atoms with Crippen molar-refractivity contribution >= 4 is 9.92 Å². The summed E-state index contributed by atoms with van der Waals surface area (Å²) in [6.45, 7) is 4.91. The number of hydrogen-bond donors (Lipinski definition) is 2. The molecule has 2 aromatic rings. The molecule has 166 valence electrons. The zero-order valence-electron chi connectivity index (χ0n) is 18.7. The summed E-state index contributed by atoms with van der Waals surface area (Å²) in [6, 6.07) is 13.3. The monoisotopic (exact) mass is 440 g/mol. The highest BCUT2D eigenvalue weighted by Gasteiger charge is 2.29. The first-order valence-electron chi connectivity index (χ1n) is 10.6. The third-order valence-electron chi connectivity index (χ3n) is 5.51. The first-order chi connectivity index (χ1) is 14.6. The van der Waals surface area contributed by atoms with Crippen LogP contribution in [0.4, 0.5) is 0 Å². The summed E-state index contributed by atoms with van der Waals surface area (Å²) < 4.78 is 17.2. The molecule has 31 heavy (non-hydrogen) atoms. The van der Waals surface area contributed by atoms with Crippen LogP contribution in [0.3, 0.4) is 0 Å². The van der Waals surface area contributed by atoms with E-state index in [1.54, 1.807) is 12.1 Å². The van der Waals surface area contributed by atoms with Crippen LogP contribution in [0.15, 0.2) is 45.7 Å². The van der Waals surface area contributed by atoms with Gasteiger partial charge in [0, 0.05) is 13.0 Å². The molecule has 2 aromatic carbocycles. The number of nitriles is 1. The fraction of sp³-hybridized carbons (Fsp3) is 0.458. The topological polar surface area (TPSA) is 103 Å². The van der Waals surface area contributed by atoms with Crippen molar-refractivity contribution in [3.63, 3.8) is 0 Å². The Morgan fingerprint density at radius 3 is 2.42 bits per heavy atom. The molecular formula is C24H32N4O2S. The number of hydrogen-bond acceptors (Lipinski definition) is 5. The van der Waals surface area contributed by atoms with Gasteiger partial charge in [-0.2, -0.15) is 9.62 Å². The Bertz CT molecular complexity index is 1070. The first-order valence-corrected chi connectivity index (χ1v) is 12.2. The highest BCUT2D eigenvalue weighted by Crippen LogP contribution is 2.44. The van der Waals surface area contributed by atoms with Gasteiger partial charge in [0.15, 0.2) is 6.23 Å². The van der Waals surface area contributed by atoms with Gasteiger partial charge in [-0.3, -0.25) is 0 Å². The Balaban J connectivity index is 1.90. The van der Waals surface area contributed by atoms with E-state index >= 15 is 0 Å². The van der Waals surface area contributed by atoms with Crippen molar-refractivity contribution in [2.24, 2.45) is 9.50 Å². The average molecular weight is 441 g/mol. The highest BCUT2D eigenvalue weighted by molar-refractivity contribution is 7.91. The first kappa shape index (κ1) is 23.4. The maximum absolute atomic E-state index is 13.1. The van der Waals surface area contributed by atoms with Gasteiger partial charge in [0.1, 0.15) is 9.92 Å². The molecule has 3 N–H and O–H groups in total. The van der Waals surface area contributed by atoms with Gasteiger partial charge >= 0.3 is 0 Å². The summed E-state index contributed by atoms with van der Waals surface area (Å²) in [4.78, 5) is 2.45. The standard InChI is InChI=1S/C24H32N4O2S/c1-16(2)21-11-18(14-25)12-22(19-7-8-19)23(21)13-24(29)27-31(26,30)20-9-5-17(6-10-20)15-28(3)4/h5-6,9-12,16,19,24,29H,7-8,13,15H2,1-4H3,(H2,26,27,30)/t24?,31-/m1/s1. The van der Waals surface area contributed by atoms with Crippen molar-refractivity contribution in [1.82, 2.24) is 4.90 Å². The maximum atomic E-state index is 13.1. The van der Waals surface area contributed by atoms with Gasteiger partial charge in [-0.25, -0.2) is 9.35 Å². The summed E-state index contributed by atoms with van der Waals surface area (Å²) in [7, 11) is 0.735. The Labute approximate surface area is 186 Å². The number of aliphatic hydroxyl groups excluding tert-OH is 1. The van der Waals surface area contributed by atoms with E-state index in [1.807, 2.05) is 43.3 Å². The van der Waals surface area contributed by atoms with Crippen molar-refractivity contribution in [3.8, 4) is 6.07 Å². The van der Waals surface area contributed by atoms with Crippen LogP contribution in [0.25, 0.3) is 0 Å². The molecule has 2 atom stereocenters. The van der Waals surface area contributed by atoms with Crippen molar-refractivity contribution in [2.75, 3.05) is 14.1 Å². The van der Waals surface area contributed by atoms with Gasteiger partial charge in [0.05, 0.1) is 16.5 Å². The molecule has 0 aliphatic heterocycles. The number of nitrogens with zero attached hydrogens (tertiary/aromatic N) is 3. The Morgan fingerprint density at radius 1 is 1.26 bits per heavy atom. The van der Waals surface area contributed by atoms with Gasteiger partial charge in [-0.15, -0.1) is 0 Å². The van der Waals surface area contributed by atoms with Gasteiger partial charge in [-0.05, 0) is 85.3 Å². The normalized spacial score (nSPS) is 16.7. The minimum absolute atomic E-state index is 0.194. The fourth-order valence-corrected chi connectivity index (χ4v) is 4.99. The third-order valence-corrected chi connectivity index (χ3v) is 7.02. The smallest absolute Gasteiger partial charge is 0.159 e. The summed E-state index contributed by atoms with van der Waals surface area (Å²) in [5.41, 5.74) is 4.86.